The Labute approximate surface area is 118 Å². The van der Waals surface area contributed by atoms with Crippen molar-refractivity contribution in [1.82, 2.24) is 10.3 Å². The van der Waals surface area contributed by atoms with Gasteiger partial charge in [0.1, 0.15) is 0 Å². The van der Waals surface area contributed by atoms with Crippen LogP contribution in [-0.2, 0) is 9.53 Å². The van der Waals surface area contributed by atoms with Crippen molar-refractivity contribution < 1.29 is 9.53 Å². The predicted octanol–water partition coefficient (Wildman–Crippen LogP) is 2.17. The molecule has 2 atom stereocenters. The van der Waals surface area contributed by atoms with Gasteiger partial charge in [0.25, 0.3) is 0 Å². The molecule has 1 fully saturated rings. The number of carbonyl (C=O) groups is 1. The van der Waals surface area contributed by atoms with Gasteiger partial charge < -0.3 is 10.1 Å². The predicted molar refractivity (Wildman–Crippen MR) is 76.3 cm³/mol. The summed E-state index contributed by atoms with van der Waals surface area (Å²) in [6, 6.07) is 3.95. The molecule has 0 radical (unpaired) electrons. The first-order valence-electron chi connectivity index (χ1n) is 6.64. The molecule has 1 saturated heterocycles. The fourth-order valence-electron chi connectivity index (χ4n) is 1.92. The lowest BCUT2D eigenvalue weighted by Gasteiger charge is -2.14. The molecule has 0 aromatic carbocycles. The van der Waals surface area contributed by atoms with Crippen molar-refractivity contribution in [2.24, 2.45) is 0 Å². The van der Waals surface area contributed by atoms with Gasteiger partial charge >= 0.3 is 0 Å². The molecule has 19 heavy (non-hydrogen) atoms. The summed E-state index contributed by atoms with van der Waals surface area (Å²) >= 11 is 1.48. The van der Waals surface area contributed by atoms with Gasteiger partial charge in [-0.1, -0.05) is 17.8 Å². The van der Waals surface area contributed by atoms with Gasteiger partial charge in [-0.3, -0.25) is 4.79 Å². The van der Waals surface area contributed by atoms with E-state index < -0.39 is 0 Å². The van der Waals surface area contributed by atoms with Crippen LogP contribution in [0.2, 0.25) is 0 Å². The largest absolute Gasteiger partial charge is 0.376 e. The lowest BCUT2D eigenvalue weighted by Crippen LogP contribution is -2.36. The molecule has 104 valence electrons. The number of ether oxygens (including phenoxy) is 1. The molecule has 2 heterocycles. The number of nitrogens with one attached hydrogen (secondary N) is 1. The average Bonchev–Trinajstić information content (AvgIpc) is 2.91. The molecular formula is C14H20N2O2S. The van der Waals surface area contributed by atoms with Crippen LogP contribution in [0, 0.1) is 6.92 Å². The molecule has 5 heteroatoms. The molecule has 2 rings (SSSR count). The fourth-order valence-corrected chi connectivity index (χ4v) is 2.73. The second kappa shape index (κ2) is 6.91. The van der Waals surface area contributed by atoms with E-state index in [1.54, 1.807) is 0 Å². The highest BCUT2D eigenvalue weighted by Crippen LogP contribution is 2.21. The fraction of sp³-hybridized carbons (Fsp3) is 0.571. The topological polar surface area (TPSA) is 51.2 Å². The van der Waals surface area contributed by atoms with Crippen LogP contribution in [0.15, 0.2) is 23.4 Å². The van der Waals surface area contributed by atoms with Crippen LogP contribution in [0.1, 0.15) is 25.3 Å². The average molecular weight is 280 g/mol. The highest BCUT2D eigenvalue weighted by atomic mass is 32.2. The van der Waals surface area contributed by atoms with E-state index in [0.29, 0.717) is 6.54 Å². The van der Waals surface area contributed by atoms with Gasteiger partial charge in [0.05, 0.1) is 16.4 Å². The van der Waals surface area contributed by atoms with Crippen LogP contribution in [0.5, 0.6) is 0 Å². The van der Waals surface area contributed by atoms with Crippen molar-refractivity contribution in [2.75, 3.05) is 13.2 Å². The summed E-state index contributed by atoms with van der Waals surface area (Å²) in [5.41, 5.74) is 1.12. The van der Waals surface area contributed by atoms with Gasteiger partial charge in [0, 0.05) is 19.3 Å². The number of hydrogen-bond acceptors (Lipinski definition) is 4. The molecule has 1 aromatic heterocycles. The molecule has 0 aliphatic carbocycles. The normalized spacial score (nSPS) is 20.2. The second-order valence-corrected chi connectivity index (χ2v) is 6.18. The standard InChI is InChI=1S/C14H20N2O2S/c1-10-5-6-13(15-8-10)19-11(2)14(17)16-9-12-4-3-7-18-12/h5-6,8,11-12H,3-4,7,9H2,1-2H3,(H,16,17)/t11-,12+/m0/s1. The minimum absolute atomic E-state index is 0.0443. The molecule has 4 nitrogen and oxygen atoms in total. The SMILES string of the molecule is Cc1ccc(S[C@@H](C)C(=O)NC[C@H]2CCCO2)nc1. The number of pyridine rings is 1. The van der Waals surface area contributed by atoms with E-state index in [-0.39, 0.29) is 17.3 Å². The zero-order chi connectivity index (χ0) is 13.7. The number of amides is 1. The first kappa shape index (κ1) is 14.3. The summed E-state index contributed by atoms with van der Waals surface area (Å²) in [5, 5.41) is 3.68. The van der Waals surface area contributed by atoms with Gasteiger partial charge in [-0.15, -0.1) is 0 Å². The molecule has 1 amide bonds. The Hall–Kier alpha value is -1.07. The van der Waals surface area contributed by atoms with Gasteiger partial charge in [-0.25, -0.2) is 4.98 Å². The van der Waals surface area contributed by atoms with E-state index in [1.807, 2.05) is 32.2 Å². The van der Waals surface area contributed by atoms with Gasteiger partial charge in [0.2, 0.25) is 5.91 Å². The third-order valence-corrected chi connectivity index (χ3v) is 4.13. The van der Waals surface area contributed by atoms with E-state index in [0.717, 1.165) is 30.0 Å². The summed E-state index contributed by atoms with van der Waals surface area (Å²) in [7, 11) is 0. The molecule has 1 aliphatic rings. The Morgan fingerprint density at radius 1 is 1.63 bits per heavy atom. The van der Waals surface area contributed by atoms with Crippen LogP contribution in [0.4, 0.5) is 0 Å². The number of thioether (sulfide) groups is 1. The number of nitrogens with zero attached hydrogens (tertiary/aromatic N) is 1. The first-order valence-corrected chi connectivity index (χ1v) is 7.52. The molecule has 0 bridgehead atoms. The van der Waals surface area contributed by atoms with E-state index in [1.165, 1.54) is 11.8 Å². The molecule has 1 N–H and O–H groups in total. The van der Waals surface area contributed by atoms with Crippen molar-refractivity contribution in [2.45, 2.75) is 43.1 Å². The Kier molecular flexibility index (Phi) is 5.22. The van der Waals surface area contributed by atoms with Crippen molar-refractivity contribution in [3.63, 3.8) is 0 Å². The Balaban J connectivity index is 1.76. The van der Waals surface area contributed by atoms with E-state index in [9.17, 15) is 4.79 Å². The number of aryl methyl sites for hydroxylation is 1. The molecule has 0 spiro atoms. The summed E-state index contributed by atoms with van der Waals surface area (Å²) in [4.78, 5) is 16.3. The minimum Gasteiger partial charge on any atom is -0.376 e. The highest BCUT2D eigenvalue weighted by Gasteiger charge is 2.19. The number of hydrogen-bond donors (Lipinski definition) is 1. The molecule has 0 unspecified atom stereocenters. The van der Waals surface area contributed by atoms with Gasteiger partial charge in [0.15, 0.2) is 0 Å². The first-order chi connectivity index (χ1) is 9.15. The van der Waals surface area contributed by atoms with Crippen LogP contribution in [-0.4, -0.2) is 35.4 Å². The van der Waals surface area contributed by atoms with Crippen LogP contribution in [0.3, 0.4) is 0 Å². The Bertz CT molecular complexity index is 416. The molecule has 1 aliphatic heterocycles. The smallest absolute Gasteiger partial charge is 0.233 e. The maximum Gasteiger partial charge on any atom is 0.233 e. The minimum atomic E-state index is -0.142. The maximum absolute atomic E-state index is 12.0. The van der Waals surface area contributed by atoms with E-state index >= 15 is 0 Å². The van der Waals surface area contributed by atoms with E-state index in [2.05, 4.69) is 10.3 Å². The lowest BCUT2D eigenvalue weighted by molar-refractivity contribution is -0.120. The molecule has 0 saturated carbocycles. The highest BCUT2D eigenvalue weighted by molar-refractivity contribution is 8.00. The lowest BCUT2D eigenvalue weighted by atomic mass is 10.2. The zero-order valence-electron chi connectivity index (χ0n) is 11.4. The molecular weight excluding hydrogens is 260 g/mol. The third kappa shape index (κ3) is 4.51. The van der Waals surface area contributed by atoms with Crippen molar-refractivity contribution in [3.8, 4) is 0 Å². The summed E-state index contributed by atoms with van der Waals surface area (Å²) in [6.07, 6.45) is 4.15. The van der Waals surface area contributed by atoms with Crippen LogP contribution < -0.4 is 5.32 Å². The summed E-state index contributed by atoms with van der Waals surface area (Å²) in [5.74, 6) is 0.0443. The summed E-state index contributed by atoms with van der Waals surface area (Å²) < 4.78 is 5.48. The monoisotopic (exact) mass is 280 g/mol. The number of aromatic nitrogens is 1. The number of carbonyl (C=O) groups excluding carboxylic acids is 1. The van der Waals surface area contributed by atoms with Crippen molar-refractivity contribution in [3.05, 3.63) is 23.9 Å². The van der Waals surface area contributed by atoms with Crippen molar-refractivity contribution in [1.29, 1.82) is 0 Å². The van der Waals surface area contributed by atoms with Crippen molar-refractivity contribution >= 4 is 17.7 Å². The van der Waals surface area contributed by atoms with Gasteiger partial charge in [-0.05, 0) is 38.3 Å². The van der Waals surface area contributed by atoms with Crippen LogP contribution in [0.25, 0.3) is 0 Å². The third-order valence-electron chi connectivity index (χ3n) is 3.08. The van der Waals surface area contributed by atoms with Crippen LogP contribution >= 0.6 is 11.8 Å². The number of rotatable bonds is 5. The second-order valence-electron chi connectivity index (χ2n) is 4.81. The van der Waals surface area contributed by atoms with Gasteiger partial charge in [-0.2, -0.15) is 0 Å². The Morgan fingerprint density at radius 3 is 3.11 bits per heavy atom. The van der Waals surface area contributed by atoms with E-state index in [4.69, 9.17) is 4.74 Å². The maximum atomic E-state index is 12.0. The molecule has 1 aromatic rings. The Morgan fingerprint density at radius 2 is 2.47 bits per heavy atom. The summed E-state index contributed by atoms with van der Waals surface area (Å²) in [6.45, 7) is 5.33. The zero-order valence-corrected chi connectivity index (χ0v) is 12.2. The quantitative estimate of drug-likeness (QED) is 0.840.